The lowest BCUT2D eigenvalue weighted by Crippen LogP contribution is -2.43. The zero-order chi connectivity index (χ0) is 18.8. The SMILES string of the molecule is NC(=O)[C@@H]1CCCN1C(=O)c1cc2n(n1)CCCN(Cc1ccccc1)C2. The lowest BCUT2D eigenvalue weighted by atomic mass is 10.2. The summed E-state index contributed by atoms with van der Waals surface area (Å²) >= 11 is 0. The van der Waals surface area contributed by atoms with Crippen molar-refractivity contribution in [1.29, 1.82) is 0 Å². The molecule has 1 fully saturated rings. The van der Waals surface area contributed by atoms with Crippen LogP contribution in [0, 0.1) is 0 Å². The summed E-state index contributed by atoms with van der Waals surface area (Å²) in [6.45, 7) is 4.00. The number of nitrogens with zero attached hydrogens (tertiary/aromatic N) is 4. The number of fused-ring (bicyclic) bond motifs is 1. The second-order valence-electron chi connectivity index (χ2n) is 7.35. The van der Waals surface area contributed by atoms with Gasteiger partial charge in [0.25, 0.3) is 5.91 Å². The number of likely N-dealkylation sites (tertiary alicyclic amines) is 1. The number of aryl methyl sites for hydroxylation is 1. The molecule has 2 amide bonds. The Bertz CT molecular complexity index is 832. The predicted octanol–water partition coefficient (Wildman–Crippen LogP) is 1.38. The van der Waals surface area contributed by atoms with E-state index in [9.17, 15) is 9.59 Å². The van der Waals surface area contributed by atoms with Gasteiger partial charge in [0.05, 0.1) is 5.69 Å². The first-order valence-electron chi connectivity index (χ1n) is 9.55. The maximum Gasteiger partial charge on any atom is 0.275 e. The molecule has 0 radical (unpaired) electrons. The number of nitrogens with two attached hydrogens (primary N) is 1. The van der Waals surface area contributed by atoms with Crippen LogP contribution in [0.4, 0.5) is 0 Å². The second-order valence-corrected chi connectivity index (χ2v) is 7.35. The van der Waals surface area contributed by atoms with Crippen molar-refractivity contribution >= 4 is 11.8 Å². The molecule has 0 spiro atoms. The summed E-state index contributed by atoms with van der Waals surface area (Å²) in [5.41, 5.74) is 8.19. The van der Waals surface area contributed by atoms with Gasteiger partial charge in [-0.15, -0.1) is 0 Å². The molecule has 3 heterocycles. The van der Waals surface area contributed by atoms with Crippen molar-refractivity contribution < 1.29 is 9.59 Å². The molecule has 142 valence electrons. The molecule has 7 nitrogen and oxygen atoms in total. The van der Waals surface area contributed by atoms with Gasteiger partial charge in [0.1, 0.15) is 6.04 Å². The Morgan fingerprint density at radius 3 is 2.70 bits per heavy atom. The van der Waals surface area contributed by atoms with Crippen molar-refractivity contribution in [1.82, 2.24) is 19.6 Å². The molecule has 2 aliphatic rings. The molecule has 1 saturated heterocycles. The average Bonchev–Trinajstić information content (AvgIpc) is 3.26. The molecule has 4 rings (SSSR count). The van der Waals surface area contributed by atoms with Gasteiger partial charge in [-0.1, -0.05) is 30.3 Å². The van der Waals surface area contributed by atoms with Crippen molar-refractivity contribution in [2.75, 3.05) is 13.1 Å². The minimum atomic E-state index is -0.506. The lowest BCUT2D eigenvalue weighted by molar-refractivity contribution is -0.121. The maximum absolute atomic E-state index is 12.9. The van der Waals surface area contributed by atoms with E-state index in [1.54, 1.807) is 4.90 Å². The molecule has 0 saturated carbocycles. The number of primary amides is 1. The summed E-state index contributed by atoms with van der Waals surface area (Å²) in [5.74, 6) is -0.623. The van der Waals surface area contributed by atoms with Crippen LogP contribution < -0.4 is 5.73 Å². The molecule has 1 aromatic heterocycles. The zero-order valence-corrected chi connectivity index (χ0v) is 15.4. The van der Waals surface area contributed by atoms with Crippen LogP contribution in [0.25, 0.3) is 0 Å². The number of rotatable bonds is 4. The largest absolute Gasteiger partial charge is 0.368 e. The fraction of sp³-hybridized carbons (Fsp3) is 0.450. The van der Waals surface area contributed by atoms with Gasteiger partial charge in [0, 0.05) is 32.7 Å². The summed E-state index contributed by atoms with van der Waals surface area (Å²) in [6, 6.07) is 11.8. The normalized spacial score (nSPS) is 20.3. The predicted molar refractivity (Wildman–Crippen MR) is 101 cm³/mol. The molecule has 1 atom stereocenters. The van der Waals surface area contributed by atoms with Crippen LogP contribution in [-0.2, 0) is 24.4 Å². The smallest absolute Gasteiger partial charge is 0.275 e. The minimum Gasteiger partial charge on any atom is -0.368 e. The summed E-state index contributed by atoms with van der Waals surface area (Å²) < 4.78 is 1.94. The molecule has 0 unspecified atom stereocenters. The number of carbonyl (C=O) groups excluding carboxylic acids is 2. The Morgan fingerprint density at radius 1 is 1.11 bits per heavy atom. The third-order valence-corrected chi connectivity index (χ3v) is 5.40. The van der Waals surface area contributed by atoms with Crippen molar-refractivity contribution in [3.8, 4) is 0 Å². The summed E-state index contributed by atoms with van der Waals surface area (Å²) in [7, 11) is 0. The van der Waals surface area contributed by atoms with Crippen molar-refractivity contribution in [3.63, 3.8) is 0 Å². The Morgan fingerprint density at radius 2 is 1.93 bits per heavy atom. The molecule has 0 aliphatic carbocycles. The van der Waals surface area contributed by atoms with E-state index in [1.807, 2.05) is 16.8 Å². The third kappa shape index (κ3) is 3.73. The number of hydrogen-bond donors (Lipinski definition) is 1. The number of benzene rings is 1. The van der Waals surface area contributed by atoms with Crippen LogP contribution in [0.15, 0.2) is 36.4 Å². The van der Waals surface area contributed by atoms with Gasteiger partial charge < -0.3 is 10.6 Å². The number of aromatic nitrogens is 2. The Labute approximate surface area is 158 Å². The van der Waals surface area contributed by atoms with Crippen LogP contribution in [-0.4, -0.2) is 50.5 Å². The zero-order valence-electron chi connectivity index (χ0n) is 15.4. The monoisotopic (exact) mass is 367 g/mol. The molecule has 2 aliphatic heterocycles. The van der Waals surface area contributed by atoms with E-state index >= 15 is 0 Å². The van der Waals surface area contributed by atoms with Crippen molar-refractivity contribution in [2.45, 2.75) is 44.9 Å². The maximum atomic E-state index is 12.9. The first-order valence-corrected chi connectivity index (χ1v) is 9.55. The van der Waals surface area contributed by atoms with E-state index in [4.69, 9.17) is 5.73 Å². The molecule has 27 heavy (non-hydrogen) atoms. The van der Waals surface area contributed by atoms with E-state index < -0.39 is 11.9 Å². The fourth-order valence-corrected chi connectivity index (χ4v) is 4.06. The molecule has 2 N–H and O–H groups in total. The van der Waals surface area contributed by atoms with Gasteiger partial charge in [-0.2, -0.15) is 5.10 Å². The van der Waals surface area contributed by atoms with E-state index in [1.165, 1.54) is 5.56 Å². The van der Waals surface area contributed by atoms with E-state index in [0.29, 0.717) is 18.7 Å². The number of amides is 2. The molecule has 0 bridgehead atoms. The van der Waals surface area contributed by atoms with Crippen LogP contribution >= 0.6 is 0 Å². The topological polar surface area (TPSA) is 84.5 Å². The van der Waals surface area contributed by atoms with Crippen molar-refractivity contribution in [2.24, 2.45) is 5.73 Å². The first kappa shape index (κ1) is 17.7. The van der Waals surface area contributed by atoms with Gasteiger partial charge in [0.15, 0.2) is 5.69 Å². The van der Waals surface area contributed by atoms with Crippen LogP contribution in [0.3, 0.4) is 0 Å². The molecular weight excluding hydrogens is 342 g/mol. The van der Waals surface area contributed by atoms with Gasteiger partial charge in [-0.25, -0.2) is 0 Å². The molecule has 1 aromatic carbocycles. The second kappa shape index (κ2) is 7.52. The van der Waals surface area contributed by atoms with Gasteiger partial charge in [-0.3, -0.25) is 19.2 Å². The Hall–Kier alpha value is -2.67. The summed E-state index contributed by atoms with van der Waals surface area (Å²) in [6.07, 6.45) is 2.43. The van der Waals surface area contributed by atoms with E-state index in [0.717, 1.165) is 44.7 Å². The summed E-state index contributed by atoms with van der Waals surface area (Å²) in [4.78, 5) is 28.4. The molecule has 2 aromatic rings. The average molecular weight is 367 g/mol. The van der Waals surface area contributed by atoms with Crippen LogP contribution in [0.5, 0.6) is 0 Å². The number of hydrogen-bond acceptors (Lipinski definition) is 4. The van der Waals surface area contributed by atoms with Gasteiger partial charge >= 0.3 is 0 Å². The Balaban J connectivity index is 1.50. The first-order chi connectivity index (χ1) is 13.1. The lowest BCUT2D eigenvalue weighted by Gasteiger charge is -2.21. The highest BCUT2D eigenvalue weighted by Gasteiger charge is 2.34. The highest BCUT2D eigenvalue weighted by atomic mass is 16.2. The summed E-state index contributed by atoms with van der Waals surface area (Å²) in [5, 5.41) is 4.54. The van der Waals surface area contributed by atoms with E-state index in [2.05, 4.69) is 34.3 Å². The Kier molecular flexibility index (Phi) is 4.94. The van der Waals surface area contributed by atoms with E-state index in [-0.39, 0.29) is 5.91 Å². The van der Waals surface area contributed by atoms with Crippen LogP contribution in [0.1, 0.15) is 41.0 Å². The molecular formula is C20H25N5O2. The fourth-order valence-electron chi connectivity index (χ4n) is 4.06. The molecule has 7 heteroatoms. The standard InChI is InChI=1S/C20H25N5O2/c21-19(26)18-8-4-10-24(18)20(27)17-12-16-14-23(9-5-11-25(16)22-17)13-15-6-2-1-3-7-15/h1-3,6-7,12,18H,4-5,8-11,13-14H2,(H2,21,26)/t18-/m0/s1. The quantitative estimate of drug-likeness (QED) is 0.885. The number of carbonyl (C=O) groups is 2. The van der Waals surface area contributed by atoms with Crippen molar-refractivity contribution in [3.05, 3.63) is 53.3 Å². The van der Waals surface area contributed by atoms with Gasteiger partial charge in [0.2, 0.25) is 5.91 Å². The van der Waals surface area contributed by atoms with Gasteiger partial charge in [-0.05, 0) is 30.9 Å². The van der Waals surface area contributed by atoms with Crippen LogP contribution in [0.2, 0.25) is 0 Å². The third-order valence-electron chi connectivity index (χ3n) is 5.40. The highest BCUT2D eigenvalue weighted by Crippen LogP contribution is 2.22. The highest BCUT2D eigenvalue weighted by molar-refractivity contribution is 5.96. The minimum absolute atomic E-state index is 0.188.